The first-order chi connectivity index (χ1) is 14.0. The minimum Gasteiger partial charge on any atom is -0.497 e. The number of methoxy groups -OCH3 is 1. The Morgan fingerprint density at radius 1 is 0.931 bits per heavy atom. The van der Waals surface area contributed by atoms with Gasteiger partial charge in [0.15, 0.2) is 0 Å². The van der Waals surface area contributed by atoms with Gasteiger partial charge < -0.3 is 10.1 Å². The van der Waals surface area contributed by atoms with Gasteiger partial charge in [-0.05, 0) is 36.1 Å². The second-order valence-electron chi connectivity index (χ2n) is 6.66. The van der Waals surface area contributed by atoms with Gasteiger partial charge in [-0.2, -0.15) is 5.10 Å². The monoisotopic (exact) mass is 389 g/mol. The zero-order valence-corrected chi connectivity index (χ0v) is 16.4. The lowest BCUT2D eigenvalue weighted by molar-refractivity contribution is -0.120. The van der Waals surface area contributed by atoms with E-state index < -0.39 is 0 Å². The molecule has 0 aliphatic heterocycles. The van der Waals surface area contributed by atoms with E-state index in [1.165, 1.54) is 0 Å². The lowest BCUT2D eigenvalue weighted by Crippen LogP contribution is -2.22. The first-order valence-electron chi connectivity index (χ1n) is 9.27. The fourth-order valence-corrected chi connectivity index (χ4v) is 2.93. The number of benzene rings is 3. The van der Waals surface area contributed by atoms with Crippen molar-refractivity contribution in [1.29, 1.82) is 0 Å². The highest BCUT2D eigenvalue weighted by molar-refractivity contribution is 6.09. The van der Waals surface area contributed by atoms with E-state index in [1.54, 1.807) is 26.2 Å². The lowest BCUT2D eigenvalue weighted by atomic mass is 10.1. The molecule has 0 aliphatic carbocycles. The van der Waals surface area contributed by atoms with Crippen molar-refractivity contribution in [3.8, 4) is 5.75 Å². The molecule has 0 saturated carbocycles. The molecule has 0 aliphatic rings. The highest BCUT2D eigenvalue weighted by Gasteiger charge is 2.08. The number of carbonyl (C=O) groups is 2. The van der Waals surface area contributed by atoms with Gasteiger partial charge in [-0.25, -0.2) is 5.43 Å². The van der Waals surface area contributed by atoms with Gasteiger partial charge in [0.25, 0.3) is 0 Å². The zero-order valence-electron chi connectivity index (χ0n) is 16.4. The predicted octanol–water partition coefficient (Wildman–Crippen LogP) is 3.91. The highest BCUT2D eigenvalue weighted by Crippen LogP contribution is 2.23. The lowest BCUT2D eigenvalue weighted by Gasteiger charge is -2.09. The largest absolute Gasteiger partial charge is 0.497 e. The maximum atomic E-state index is 12.3. The van der Waals surface area contributed by atoms with Crippen LogP contribution in [0.3, 0.4) is 0 Å². The molecule has 0 spiro atoms. The van der Waals surface area contributed by atoms with Gasteiger partial charge in [0.2, 0.25) is 11.8 Å². The summed E-state index contributed by atoms with van der Waals surface area (Å²) in [5.74, 6) is 0.302. The summed E-state index contributed by atoms with van der Waals surface area (Å²) >= 11 is 0. The van der Waals surface area contributed by atoms with Crippen molar-refractivity contribution in [3.05, 3.63) is 72.3 Å². The maximum Gasteiger partial charge on any atom is 0.244 e. The molecule has 6 heteroatoms. The molecule has 0 heterocycles. The van der Waals surface area contributed by atoms with Crippen LogP contribution in [0.5, 0.6) is 5.75 Å². The van der Waals surface area contributed by atoms with Crippen LogP contribution in [0.4, 0.5) is 5.69 Å². The van der Waals surface area contributed by atoms with Gasteiger partial charge in [0.1, 0.15) is 5.75 Å². The fraction of sp³-hybridized carbons (Fsp3) is 0.174. The van der Waals surface area contributed by atoms with E-state index in [-0.39, 0.29) is 24.7 Å². The van der Waals surface area contributed by atoms with Crippen molar-refractivity contribution in [2.24, 2.45) is 5.10 Å². The van der Waals surface area contributed by atoms with Gasteiger partial charge in [0.05, 0.1) is 20.0 Å². The summed E-state index contributed by atoms with van der Waals surface area (Å²) in [6, 6.07) is 20.9. The van der Waals surface area contributed by atoms with Crippen molar-refractivity contribution >= 4 is 34.0 Å². The summed E-state index contributed by atoms with van der Waals surface area (Å²) in [5.41, 5.74) is 4.62. The predicted molar refractivity (Wildman–Crippen MR) is 115 cm³/mol. The summed E-state index contributed by atoms with van der Waals surface area (Å²) in [7, 11) is 1.59. The Hall–Kier alpha value is -3.67. The van der Waals surface area contributed by atoms with Crippen LogP contribution in [0, 0.1) is 0 Å². The number of nitrogens with zero attached hydrogens (tertiary/aromatic N) is 1. The van der Waals surface area contributed by atoms with E-state index in [4.69, 9.17) is 4.74 Å². The first-order valence-corrected chi connectivity index (χ1v) is 9.27. The molecule has 3 aromatic carbocycles. The topological polar surface area (TPSA) is 79.8 Å². The van der Waals surface area contributed by atoms with Crippen LogP contribution < -0.4 is 15.5 Å². The fourth-order valence-electron chi connectivity index (χ4n) is 2.93. The van der Waals surface area contributed by atoms with Crippen molar-refractivity contribution in [2.75, 3.05) is 12.4 Å². The molecule has 0 atom stereocenters. The second-order valence-corrected chi connectivity index (χ2v) is 6.66. The molecule has 0 bridgehead atoms. The third-order valence-corrected chi connectivity index (χ3v) is 4.38. The molecule has 148 valence electrons. The number of hydrogen-bond donors (Lipinski definition) is 2. The van der Waals surface area contributed by atoms with Crippen LogP contribution in [0.15, 0.2) is 71.8 Å². The van der Waals surface area contributed by atoms with Crippen LogP contribution in [-0.4, -0.2) is 24.6 Å². The van der Waals surface area contributed by atoms with Gasteiger partial charge in [0, 0.05) is 16.8 Å². The van der Waals surface area contributed by atoms with Crippen molar-refractivity contribution in [1.82, 2.24) is 5.43 Å². The molecule has 0 saturated heterocycles. The Labute approximate surface area is 169 Å². The van der Waals surface area contributed by atoms with Crippen LogP contribution in [0.2, 0.25) is 0 Å². The number of amides is 2. The van der Waals surface area contributed by atoms with E-state index in [0.29, 0.717) is 5.71 Å². The Bertz CT molecular complexity index is 1040. The van der Waals surface area contributed by atoms with E-state index in [9.17, 15) is 9.59 Å². The van der Waals surface area contributed by atoms with Crippen molar-refractivity contribution < 1.29 is 14.3 Å². The molecule has 2 N–H and O–H groups in total. The number of carbonyl (C=O) groups excluding carboxylic acids is 2. The van der Waals surface area contributed by atoms with E-state index in [1.807, 2.05) is 54.6 Å². The van der Waals surface area contributed by atoms with Crippen molar-refractivity contribution in [2.45, 2.75) is 19.8 Å². The third-order valence-electron chi connectivity index (χ3n) is 4.38. The summed E-state index contributed by atoms with van der Waals surface area (Å²) in [6.45, 7) is 1.70. The first kappa shape index (κ1) is 20.1. The van der Waals surface area contributed by atoms with Gasteiger partial charge in [-0.3, -0.25) is 9.59 Å². The molecule has 0 unspecified atom stereocenters. The molecule has 0 radical (unpaired) electrons. The van der Waals surface area contributed by atoms with Gasteiger partial charge in [-0.15, -0.1) is 0 Å². The minimum atomic E-state index is -0.246. The average Bonchev–Trinajstić information content (AvgIpc) is 2.73. The summed E-state index contributed by atoms with van der Waals surface area (Å²) in [5, 5.41) is 8.97. The number of rotatable bonds is 7. The number of fused-ring (bicyclic) bond motifs is 1. The number of anilines is 1. The van der Waals surface area contributed by atoms with Gasteiger partial charge >= 0.3 is 0 Å². The highest BCUT2D eigenvalue weighted by atomic mass is 16.5. The second kappa shape index (κ2) is 9.50. The molecule has 0 fully saturated rings. The summed E-state index contributed by atoms with van der Waals surface area (Å²) < 4.78 is 5.10. The van der Waals surface area contributed by atoms with E-state index in [2.05, 4.69) is 15.8 Å². The summed E-state index contributed by atoms with van der Waals surface area (Å²) in [4.78, 5) is 24.4. The Kier molecular flexibility index (Phi) is 6.58. The zero-order chi connectivity index (χ0) is 20.6. The standard InChI is InChI=1S/C23H23N3O3/c1-16(25-26-23(28)15-17-10-12-19(29-2)13-11-17)14-22(27)24-21-9-5-7-18-6-3-4-8-20(18)21/h3-13H,14-15H2,1-2H3,(H,24,27)(H,26,28)/b25-16+. The Morgan fingerprint density at radius 2 is 1.66 bits per heavy atom. The normalized spacial score (nSPS) is 11.2. The molecular formula is C23H23N3O3. The van der Waals surface area contributed by atoms with Crippen LogP contribution >= 0.6 is 0 Å². The molecular weight excluding hydrogens is 366 g/mol. The quantitative estimate of drug-likeness (QED) is 0.475. The molecule has 29 heavy (non-hydrogen) atoms. The van der Waals surface area contributed by atoms with Gasteiger partial charge in [-0.1, -0.05) is 48.5 Å². The molecule has 3 aromatic rings. The van der Waals surface area contributed by atoms with Crippen LogP contribution in [0.25, 0.3) is 10.8 Å². The number of ether oxygens (including phenoxy) is 1. The van der Waals surface area contributed by atoms with Crippen LogP contribution in [-0.2, 0) is 16.0 Å². The molecule has 0 aromatic heterocycles. The summed E-state index contributed by atoms with van der Waals surface area (Å²) in [6.07, 6.45) is 0.287. The number of hydrazone groups is 1. The number of hydrogen-bond acceptors (Lipinski definition) is 4. The molecule has 2 amide bonds. The van der Waals surface area contributed by atoms with Crippen molar-refractivity contribution in [3.63, 3.8) is 0 Å². The Morgan fingerprint density at radius 3 is 2.41 bits per heavy atom. The Balaban J connectivity index is 1.53. The minimum absolute atomic E-state index is 0.0893. The number of nitrogens with one attached hydrogen (secondary N) is 2. The molecule has 3 rings (SSSR count). The van der Waals surface area contributed by atoms with E-state index in [0.717, 1.165) is 27.8 Å². The maximum absolute atomic E-state index is 12.3. The SMILES string of the molecule is COc1ccc(CC(=O)N/N=C(\C)CC(=O)Nc2cccc3ccccc23)cc1. The third kappa shape index (κ3) is 5.65. The van der Waals surface area contributed by atoms with E-state index >= 15 is 0 Å². The van der Waals surface area contributed by atoms with Crippen LogP contribution in [0.1, 0.15) is 18.9 Å². The smallest absolute Gasteiger partial charge is 0.244 e. The molecule has 6 nitrogen and oxygen atoms in total. The average molecular weight is 389 g/mol.